The zero-order chi connectivity index (χ0) is 21.5. The normalized spacial score (nSPS) is 20.8. The molecule has 30 heavy (non-hydrogen) atoms. The molecule has 0 N–H and O–H groups in total. The van der Waals surface area contributed by atoms with Crippen LogP contribution in [0, 0.1) is 6.92 Å². The predicted molar refractivity (Wildman–Crippen MR) is 110 cm³/mol. The highest BCUT2D eigenvalue weighted by Crippen LogP contribution is 2.32. The first-order chi connectivity index (χ1) is 14.3. The maximum atomic E-state index is 13.1. The summed E-state index contributed by atoms with van der Waals surface area (Å²) in [6.07, 6.45) is 6.05. The van der Waals surface area contributed by atoms with Crippen LogP contribution in [0.5, 0.6) is 0 Å². The van der Waals surface area contributed by atoms with Gasteiger partial charge in [-0.2, -0.15) is 9.40 Å². The molecule has 0 spiro atoms. The first kappa shape index (κ1) is 21.0. The Balaban J connectivity index is 1.56. The molecule has 1 fully saturated rings. The van der Waals surface area contributed by atoms with Crippen LogP contribution in [0.3, 0.4) is 0 Å². The molecule has 11 heteroatoms. The van der Waals surface area contributed by atoms with Gasteiger partial charge >= 0.3 is 0 Å². The van der Waals surface area contributed by atoms with Gasteiger partial charge in [0.05, 0.1) is 24.1 Å². The van der Waals surface area contributed by atoms with Gasteiger partial charge < -0.3 is 9.47 Å². The Morgan fingerprint density at radius 2 is 1.97 bits per heavy atom. The van der Waals surface area contributed by atoms with E-state index in [1.807, 2.05) is 28.0 Å². The van der Waals surface area contributed by atoms with Crippen molar-refractivity contribution in [3.63, 3.8) is 0 Å². The number of hydrogen-bond acceptors (Lipinski definition) is 6. The molecule has 2 aliphatic rings. The van der Waals surface area contributed by atoms with Crippen molar-refractivity contribution in [2.24, 2.45) is 0 Å². The summed E-state index contributed by atoms with van der Waals surface area (Å²) in [5, 5.41) is 13.0. The summed E-state index contributed by atoms with van der Waals surface area (Å²) >= 11 is 0. The minimum atomic E-state index is -3.32. The molecule has 10 nitrogen and oxygen atoms in total. The van der Waals surface area contributed by atoms with E-state index in [0.29, 0.717) is 44.0 Å². The highest BCUT2D eigenvalue weighted by molar-refractivity contribution is 7.88. The lowest BCUT2D eigenvalue weighted by Gasteiger charge is -2.33. The van der Waals surface area contributed by atoms with E-state index in [-0.39, 0.29) is 11.9 Å². The number of carbonyl (C=O) groups is 1. The number of piperidine rings is 1. The first-order valence-electron chi connectivity index (χ1n) is 10.5. The van der Waals surface area contributed by atoms with Crippen LogP contribution in [0.1, 0.15) is 59.9 Å². The molecule has 0 radical (unpaired) electrons. The van der Waals surface area contributed by atoms with Gasteiger partial charge in [-0.1, -0.05) is 6.42 Å². The molecule has 0 aliphatic carbocycles. The Morgan fingerprint density at radius 3 is 2.67 bits per heavy atom. The van der Waals surface area contributed by atoms with Crippen molar-refractivity contribution < 1.29 is 13.2 Å². The fourth-order valence-electron chi connectivity index (χ4n) is 4.50. The van der Waals surface area contributed by atoms with E-state index < -0.39 is 10.0 Å². The van der Waals surface area contributed by atoms with Gasteiger partial charge in [0.15, 0.2) is 5.82 Å². The standard InChI is InChI=1S/C19H29N7O3S/c1-4-25-14(2)15(13-20-25)19(27)23-10-8-17-21-22-18(24(17)12-11-23)16-7-5-6-9-26(16)30(3,28)29/h13,16H,4-12H2,1-3H3. The van der Waals surface area contributed by atoms with Crippen LogP contribution in [0.2, 0.25) is 0 Å². The molecule has 4 rings (SSSR count). The van der Waals surface area contributed by atoms with Crippen LogP contribution in [-0.2, 0) is 29.5 Å². The zero-order valence-electron chi connectivity index (χ0n) is 17.8. The minimum Gasteiger partial charge on any atom is -0.336 e. The van der Waals surface area contributed by atoms with Crippen molar-refractivity contribution in [2.45, 2.75) is 58.7 Å². The highest BCUT2D eigenvalue weighted by atomic mass is 32.2. The van der Waals surface area contributed by atoms with Crippen LogP contribution < -0.4 is 0 Å². The molecule has 1 atom stereocenters. The summed E-state index contributed by atoms with van der Waals surface area (Å²) in [5.41, 5.74) is 1.50. The van der Waals surface area contributed by atoms with Gasteiger partial charge in [0.25, 0.3) is 5.91 Å². The Kier molecular flexibility index (Phi) is 5.67. The average molecular weight is 436 g/mol. The van der Waals surface area contributed by atoms with Gasteiger partial charge in [-0.15, -0.1) is 10.2 Å². The van der Waals surface area contributed by atoms with Gasteiger partial charge in [0.2, 0.25) is 10.0 Å². The van der Waals surface area contributed by atoms with Gasteiger partial charge in [0, 0.05) is 44.8 Å². The number of aromatic nitrogens is 5. The molecular weight excluding hydrogens is 406 g/mol. The average Bonchev–Trinajstić information content (AvgIpc) is 3.23. The first-order valence-corrected chi connectivity index (χ1v) is 12.4. The van der Waals surface area contributed by atoms with Gasteiger partial charge in [-0.3, -0.25) is 9.48 Å². The van der Waals surface area contributed by atoms with Crippen LogP contribution in [0.15, 0.2) is 6.20 Å². The van der Waals surface area contributed by atoms with E-state index in [1.54, 1.807) is 10.5 Å². The van der Waals surface area contributed by atoms with E-state index in [1.165, 1.54) is 6.26 Å². The summed E-state index contributed by atoms with van der Waals surface area (Å²) in [7, 11) is -3.32. The third-order valence-corrected chi connectivity index (χ3v) is 7.44. The maximum Gasteiger partial charge on any atom is 0.257 e. The van der Waals surface area contributed by atoms with Gasteiger partial charge in [-0.25, -0.2) is 8.42 Å². The molecule has 0 aromatic carbocycles. The number of amides is 1. The SMILES string of the molecule is CCn1ncc(C(=O)N2CCc3nnc(C4CCCCN4S(C)(=O)=O)n3CC2)c1C. The predicted octanol–water partition coefficient (Wildman–Crippen LogP) is 0.988. The number of nitrogens with zero attached hydrogens (tertiary/aromatic N) is 7. The zero-order valence-corrected chi connectivity index (χ0v) is 18.6. The summed E-state index contributed by atoms with van der Waals surface area (Å²) in [6, 6.07) is -0.290. The number of sulfonamides is 1. The van der Waals surface area contributed by atoms with Crippen molar-refractivity contribution >= 4 is 15.9 Å². The lowest BCUT2D eigenvalue weighted by atomic mass is 10.0. The lowest BCUT2D eigenvalue weighted by Crippen LogP contribution is -2.39. The summed E-state index contributed by atoms with van der Waals surface area (Å²) in [5.74, 6) is 1.47. The Hall–Kier alpha value is -2.27. The van der Waals surface area contributed by atoms with Gasteiger partial charge in [-0.05, 0) is 26.7 Å². The van der Waals surface area contributed by atoms with Crippen LogP contribution >= 0.6 is 0 Å². The molecule has 2 aliphatic heterocycles. The monoisotopic (exact) mass is 435 g/mol. The molecule has 1 amide bonds. The molecule has 164 valence electrons. The number of rotatable bonds is 4. The fraction of sp³-hybridized carbons (Fsp3) is 0.684. The van der Waals surface area contributed by atoms with Gasteiger partial charge in [0.1, 0.15) is 5.82 Å². The van der Waals surface area contributed by atoms with Crippen LogP contribution in [-0.4, -0.2) is 74.0 Å². The second-order valence-electron chi connectivity index (χ2n) is 8.01. The summed E-state index contributed by atoms with van der Waals surface area (Å²) in [6.45, 7) is 6.78. The Morgan fingerprint density at radius 1 is 1.17 bits per heavy atom. The summed E-state index contributed by atoms with van der Waals surface area (Å²) < 4.78 is 30.0. The number of aryl methyl sites for hydroxylation is 1. The third kappa shape index (κ3) is 3.76. The van der Waals surface area contributed by atoms with E-state index in [2.05, 4.69) is 15.3 Å². The quantitative estimate of drug-likeness (QED) is 0.709. The molecule has 1 saturated heterocycles. The molecule has 2 aromatic rings. The molecule has 4 heterocycles. The van der Waals surface area contributed by atoms with Crippen LogP contribution in [0.25, 0.3) is 0 Å². The molecule has 1 unspecified atom stereocenters. The number of hydrogen-bond donors (Lipinski definition) is 0. The van der Waals surface area contributed by atoms with Crippen molar-refractivity contribution in [1.82, 2.24) is 33.8 Å². The lowest BCUT2D eigenvalue weighted by molar-refractivity contribution is 0.0757. The molecule has 0 bridgehead atoms. The second kappa shape index (κ2) is 8.10. The second-order valence-corrected chi connectivity index (χ2v) is 9.95. The topological polar surface area (TPSA) is 106 Å². The van der Waals surface area contributed by atoms with Crippen LogP contribution in [0.4, 0.5) is 0 Å². The van der Waals surface area contributed by atoms with Crippen molar-refractivity contribution in [1.29, 1.82) is 0 Å². The number of fused-ring (bicyclic) bond motifs is 1. The minimum absolute atomic E-state index is 0.0251. The largest absolute Gasteiger partial charge is 0.336 e. The molecular formula is C19H29N7O3S. The smallest absolute Gasteiger partial charge is 0.257 e. The Labute approximate surface area is 176 Å². The van der Waals surface area contributed by atoms with E-state index in [0.717, 1.165) is 37.3 Å². The molecule has 0 saturated carbocycles. The maximum absolute atomic E-state index is 13.1. The third-order valence-electron chi connectivity index (χ3n) is 6.15. The van der Waals surface area contributed by atoms with Crippen molar-refractivity contribution in [2.75, 3.05) is 25.9 Å². The van der Waals surface area contributed by atoms with E-state index in [4.69, 9.17) is 0 Å². The fourth-order valence-corrected chi connectivity index (χ4v) is 5.62. The molecule has 2 aromatic heterocycles. The van der Waals surface area contributed by atoms with E-state index in [9.17, 15) is 13.2 Å². The van der Waals surface area contributed by atoms with E-state index >= 15 is 0 Å². The highest BCUT2D eigenvalue weighted by Gasteiger charge is 2.35. The number of carbonyl (C=O) groups excluding carboxylic acids is 1. The summed E-state index contributed by atoms with van der Waals surface area (Å²) in [4.78, 5) is 14.9. The van der Waals surface area contributed by atoms with Crippen molar-refractivity contribution in [3.8, 4) is 0 Å². The Bertz CT molecular complexity index is 1040. The van der Waals surface area contributed by atoms with Crippen molar-refractivity contribution in [3.05, 3.63) is 29.1 Å².